The number of benzene rings is 2. The Labute approximate surface area is 168 Å². The summed E-state index contributed by atoms with van der Waals surface area (Å²) in [4.78, 5) is 40.1. The smallest absolute Gasteiger partial charge is 0.411 e. The topological polar surface area (TPSA) is 100 Å². The molecule has 0 aliphatic rings. The molecule has 0 spiro atoms. The van der Waals surface area contributed by atoms with Crippen LogP contribution in [0.4, 0.5) is 16.2 Å². The van der Waals surface area contributed by atoms with E-state index in [2.05, 4.69) is 15.6 Å². The van der Waals surface area contributed by atoms with Crippen LogP contribution in [0.3, 0.4) is 0 Å². The van der Waals surface area contributed by atoms with E-state index in [-0.39, 0.29) is 17.6 Å². The molecule has 0 unspecified atom stereocenters. The fraction of sp³-hybridized carbons (Fsp3) is 0.227. The van der Waals surface area contributed by atoms with Crippen molar-refractivity contribution in [3.63, 3.8) is 0 Å². The third-order valence-electron chi connectivity index (χ3n) is 4.43. The van der Waals surface area contributed by atoms with Gasteiger partial charge in [0.05, 0.1) is 6.61 Å². The van der Waals surface area contributed by atoms with Crippen molar-refractivity contribution in [3.05, 3.63) is 70.0 Å². The standard InChI is InChI=1S/C22H23N3O4/c1-3-7-14-10-11-15(12-19(14)25-22(28)29-4-2)24-21(27)17-13-23-18-9-6-5-8-16(18)20(17)26/h5-6,8-13H,3-4,7H2,1-2H3,(H,23,26)(H,24,27)(H,25,28). The zero-order valence-electron chi connectivity index (χ0n) is 16.4. The van der Waals surface area contributed by atoms with Crippen LogP contribution in [0.5, 0.6) is 0 Å². The van der Waals surface area contributed by atoms with Gasteiger partial charge in [-0.3, -0.25) is 14.9 Å². The highest BCUT2D eigenvalue weighted by Gasteiger charge is 2.15. The van der Waals surface area contributed by atoms with Crippen LogP contribution < -0.4 is 16.1 Å². The van der Waals surface area contributed by atoms with Gasteiger partial charge >= 0.3 is 6.09 Å². The molecule has 0 aliphatic carbocycles. The number of carbonyl (C=O) groups excluding carboxylic acids is 2. The van der Waals surface area contributed by atoms with Gasteiger partial charge in [0.15, 0.2) is 0 Å². The summed E-state index contributed by atoms with van der Waals surface area (Å²) >= 11 is 0. The molecule has 0 bridgehead atoms. The summed E-state index contributed by atoms with van der Waals surface area (Å²) in [6.07, 6.45) is 2.51. The SMILES string of the molecule is CCCc1ccc(NC(=O)c2c[nH]c3ccccc3c2=O)cc1NC(=O)OCC. The molecule has 7 nitrogen and oxygen atoms in total. The van der Waals surface area contributed by atoms with E-state index in [4.69, 9.17) is 4.74 Å². The van der Waals surface area contributed by atoms with Crippen LogP contribution in [0.15, 0.2) is 53.5 Å². The summed E-state index contributed by atoms with van der Waals surface area (Å²) in [5, 5.41) is 5.88. The van der Waals surface area contributed by atoms with Crippen LogP contribution in [0, 0.1) is 0 Å². The lowest BCUT2D eigenvalue weighted by atomic mass is 10.1. The number of H-pyrrole nitrogens is 1. The predicted octanol–water partition coefficient (Wildman–Crippen LogP) is 4.30. The fourth-order valence-corrected chi connectivity index (χ4v) is 3.07. The summed E-state index contributed by atoms with van der Waals surface area (Å²) in [6, 6.07) is 12.3. The van der Waals surface area contributed by atoms with Gasteiger partial charge in [0.1, 0.15) is 5.56 Å². The molecule has 0 fully saturated rings. The maximum Gasteiger partial charge on any atom is 0.411 e. The van der Waals surface area contributed by atoms with Crippen molar-refractivity contribution in [2.45, 2.75) is 26.7 Å². The molecular weight excluding hydrogens is 370 g/mol. The molecule has 3 aromatic rings. The van der Waals surface area contributed by atoms with E-state index >= 15 is 0 Å². The second-order valence-corrected chi connectivity index (χ2v) is 6.50. The molecule has 0 atom stereocenters. The van der Waals surface area contributed by atoms with Crippen LogP contribution in [-0.2, 0) is 11.2 Å². The zero-order chi connectivity index (χ0) is 20.8. The molecule has 2 amide bonds. The lowest BCUT2D eigenvalue weighted by Crippen LogP contribution is -2.22. The number of nitrogens with one attached hydrogen (secondary N) is 3. The zero-order valence-corrected chi connectivity index (χ0v) is 16.4. The largest absolute Gasteiger partial charge is 0.450 e. The molecule has 2 aromatic carbocycles. The van der Waals surface area contributed by atoms with Gasteiger partial charge in [-0.05, 0) is 43.2 Å². The number of fused-ring (bicyclic) bond motifs is 1. The number of aromatic nitrogens is 1. The van der Waals surface area contributed by atoms with Gasteiger partial charge < -0.3 is 15.0 Å². The van der Waals surface area contributed by atoms with Crippen molar-refractivity contribution < 1.29 is 14.3 Å². The van der Waals surface area contributed by atoms with Gasteiger partial charge in [-0.15, -0.1) is 0 Å². The average molecular weight is 393 g/mol. The Bertz CT molecular complexity index is 1100. The van der Waals surface area contributed by atoms with Crippen molar-refractivity contribution >= 4 is 34.3 Å². The third kappa shape index (κ3) is 4.63. The molecular formula is C22H23N3O4. The number of para-hydroxylation sites is 1. The molecule has 3 rings (SSSR count). The molecule has 7 heteroatoms. The first-order valence-corrected chi connectivity index (χ1v) is 9.52. The van der Waals surface area contributed by atoms with E-state index in [1.54, 1.807) is 37.3 Å². The van der Waals surface area contributed by atoms with Gasteiger partial charge in [-0.1, -0.05) is 31.5 Å². The first kappa shape index (κ1) is 20.1. The Morgan fingerprint density at radius 2 is 1.86 bits per heavy atom. The Kier molecular flexibility index (Phi) is 6.29. The summed E-state index contributed by atoms with van der Waals surface area (Å²) in [5.74, 6) is -0.526. The predicted molar refractivity (Wildman–Crippen MR) is 114 cm³/mol. The van der Waals surface area contributed by atoms with Gasteiger partial charge in [-0.2, -0.15) is 0 Å². The van der Waals surface area contributed by atoms with E-state index in [9.17, 15) is 14.4 Å². The number of anilines is 2. The van der Waals surface area contributed by atoms with Crippen molar-refractivity contribution in [1.29, 1.82) is 0 Å². The van der Waals surface area contributed by atoms with Crippen molar-refractivity contribution in [1.82, 2.24) is 4.98 Å². The monoisotopic (exact) mass is 393 g/mol. The summed E-state index contributed by atoms with van der Waals surface area (Å²) < 4.78 is 4.94. The van der Waals surface area contributed by atoms with Crippen LogP contribution >= 0.6 is 0 Å². The van der Waals surface area contributed by atoms with E-state index in [1.165, 1.54) is 6.20 Å². The van der Waals surface area contributed by atoms with E-state index < -0.39 is 12.0 Å². The quantitative estimate of drug-likeness (QED) is 0.581. The molecule has 0 aliphatic heterocycles. The summed E-state index contributed by atoms with van der Waals surface area (Å²) in [7, 11) is 0. The number of pyridine rings is 1. The molecule has 150 valence electrons. The van der Waals surface area contributed by atoms with Crippen LogP contribution in [0.1, 0.15) is 36.2 Å². The van der Waals surface area contributed by atoms with Crippen LogP contribution in [-0.4, -0.2) is 23.6 Å². The maximum atomic E-state index is 12.7. The minimum absolute atomic E-state index is 0.0150. The minimum Gasteiger partial charge on any atom is -0.450 e. The van der Waals surface area contributed by atoms with Crippen molar-refractivity contribution in [2.24, 2.45) is 0 Å². The lowest BCUT2D eigenvalue weighted by molar-refractivity contribution is 0.102. The summed E-state index contributed by atoms with van der Waals surface area (Å²) in [5.41, 5.74) is 2.30. The molecule has 0 saturated carbocycles. The Hall–Kier alpha value is -3.61. The lowest BCUT2D eigenvalue weighted by Gasteiger charge is -2.13. The number of amides is 2. The Morgan fingerprint density at radius 1 is 1.07 bits per heavy atom. The van der Waals surface area contributed by atoms with Gasteiger partial charge in [0.25, 0.3) is 5.91 Å². The highest BCUT2D eigenvalue weighted by Crippen LogP contribution is 2.23. The first-order valence-electron chi connectivity index (χ1n) is 9.52. The second kappa shape index (κ2) is 9.05. The minimum atomic E-state index is -0.556. The number of ether oxygens (including phenoxy) is 1. The number of hydrogen-bond donors (Lipinski definition) is 3. The second-order valence-electron chi connectivity index (χ2n) is 6.50. The number of aromatic amines is 1. The number of aryl methyl sites for hydroxylation is 1. The summed E-state index contributed by atoms with van der Waals surface area (Å²) in [6.45, 7) is 4.02. The Morgan fingerprint density at radius 3 is 2.62 bits per heavy atom. The van der Waals surface area contributed by atoms with E-state index in [0.717, 1.165) is 18.4 Å². The fourth-order valence-electron chi connectivity index (χ4n) is 3.07. The van der Waals surface area contributed by atoms with Crippen molar-refractivity contribution in [3.8, 4) is 0 Å². The number of rotatable bonds is 6. The van der Waals surface area contributed by atoms with Gasteiger partial charge in [0, 0.05) is 28.5 Å². The number of hydrogen-bond acceptors (Lipinski definition) is 4. The highest BCUT2D eigenvalue weighted by atomic mass is 16.5. The molecule has 0 saturated heterocycles. The average Bonchev–Trinajstić information content (AvgIpc) is 2.70. The van der Waals surface area contributed by atoms with E-state index in [1.807, 2.05) is 19.1 Å². The van der Waals surface area contributed by atoms with Gasteiger partial charge in [-0.25, -0.2) is 4.79 Å². The van der Waals surface area contributed by atoms with Gasteiger partial charge in [0.2, 0.25) is 5.43 Å². The first-order chi connectivity index (χ1) is 14.0. The molecule has 29 heavy (non-hydrogen) atoms. The van der Waals surface area contributed by atoms with Crippen LogP contribution in [0.25, 0.3) is 10.9 Å². The highest BCUT2D eigenvalue weighted by molar-refractivity contribution is 6.06. The van der Waals surface area contributed by atoms with Crippen LogP contribution in [0.2, 0.25) is 0 Å². The molecule has 3 N–H and O–H groups in total. The Balaban J connectivity index is 1.87. The molecule has 0 radical (unpaired) electrons. The number of carbonyl (C=O) groups is 2. The maximum absolute atomic E-state index is 12.7. The molecule has 1 heterocycles. The van der Waals surface area contributed by atoms with E-state index in [0.29, 0.717) is 22.3 Å². The molecule has 1 aromatic heterocycles. The third-order valence-corrected chi connectivity index (χ3v) is 4.43. The van der Waals surface area contributed by atoms with Crippen molar-refractivity contribution in [2.75, 3.05) is 17.2 Å². The normalized spacial score (nSPS) is 10.6.